The van der Waals surface area contributed by atoms with E-state index >= 15 is 0 Å². The molecule has 2 rings (SSSR count). The Morgan fingerprint density at radius 1 is 1.08 bits per heavy atom. The van der Waals surface area contributed by atoms with Crippen LogP contribution in [0.4, 0.5) is 18.9 Å². The summed E-state index contributed by atoms with van der Waals surface area (Å²) in [6.07, 6.45) is -4.53. The lowest BCUT2D eigenvalue weighted by molar-refractivity contribution is -0.137. The maximum Gasteiger partial charge on any atom is 0.418 e. The first-order valence-corrected chi connectivity index (χ1v) is 7.47. The average molecular weight is 337 g/mol. The molecule has 0 bridgehead atoms. The summed E-state index contributed by atoms with van der Waals surface area (Å²) in [6.45, 7) is 3.61. The molecule has 0 fully saturated rings. The highest BCUT2D eigenvalue weighted by molar-refractivity contribution is 5.92. The van der Waals surface area contributed by atoms with Gasteiger partial charge in [0.25, 0.3) is 5.91 Å². The molecule has 2 aromatic rings. The number of carbonyl (C=O) groups is 1. The second-order valence-corrected chi connectivity index (χ2v) is 5.57. The molecule has 0 unspecified atom stereocenters. The summed E-state index contributed by atoms with van der Waals surface area (Å²) < 4.78 is 44.2. The highest BCUT2D eigenvalue weighted by Gasteiger charge is 2.33. The first kappa shape index (κ1) is 17.8. The molecule has 3 nitrogen and oxygen atoms in total. The van der Waals surface area contributed by atoms with Gasteiger partial charge in [-0.05, 0) is 29.7 Å². The van der Waals surface area contributed by atoms with E-state index in [2.05, 4.69) is 5.32 Å². The van der Waals surface area contributed by atoms with Gasteiger partial charge in [0, 0.05) is 0 Å². The van der Waals surface area contributed by atoms with Crippen LogP contribution in [0.3, 0.4) is 0 Å². The summed E-state index contributed by atoms with van der Waals surface area (Å²) in [5, 5.41) is 2.25. The van der Waals surface area contributed by atoms with E-state index < -0.39 is 17.6 Å². The fourth-order valence-corrected chi connectivity index (χ4v) is 2.26. The average Bonchev–Trinajstić information content (AvgIpc) is 2.52. The maximum atomic E-state index is 12.9. The molecule has 0 radical (unpaired) electrons. The van der Waals surface area contributed by atoms with Gasteiger partial charge in [0.1, 0.15) is 5.75 Å². The van der Waals surface area contributed by atoms with Crippen LogP contribution in [0.1, 0.15) is 30.9 Å². The maximum absolute atomic E-state index is 12.9. The molecule has 1 N–H and O–H groups in total. The molecule has 0 aromatic heterocycles. The van der Waals surface area contributed by atoms with E-state index in [1.54, 1.807) is 12.1 Å². The summed E-state index contributed by atoms with van der Waals surface area (Å²) in [5.74, 6) is 0.104. The number of ether oxygens (including phenoxy) is 1. The van der Waals surface area contributed by atoms with Gasteiger partial charge in [0.2, 0.25) is 0 Å². The fourth-order valence-electron chi connectivity index (χ4n) is 2.26. The second-order valence-electron chi connectivity index (χ2n) is 5.57. The molecule has 24 heavy (non-hydrogen) atoms. The molecular formula is C18H18F3NO2. The Hall–Kier alpha value is -2.50. The molecule has 0 heterocycles. The lowest BCUT2D eigenvalue weighted by atomic mass is 10.0. The molecule has 0 aliphatic rings. The van der Waals surface area contributed by atoms with Gasteiger partial charge in [-0.3, -0.25) is 4.79 Å². The number of carbonyl (C=O) groups excluding carboxylic acids is 1. The van der Waals surface area contributed by atoms with Crippen molar-refractivity contribution in [1.29, 1.82) is 0 Å². The summed E-state index contributed by atoms with van der Waals surface area (Å²) in [4.78, 5) is 11.9. The molecule has 0 aliphatic carbocycles. The normalized spacial score (nSPS) is 11.4. The predicted molar refractivity (Wildman–Crippen MR) is 86.1 cm³/mol. The molecular weight excluding hydrogens is 319 g/mol. The van der Waals surface area contributed by atoms with Crippen LogP contribution in [0, 0.1) is 0 Å². The molecule has 0 saturated heterocycles. The summed E-state index contributed by atoms with van der Waals surface area (Å²) in [5.41, 5.74) is -0.238. The van der Waals surface area contributed by atoms with Crippen LogP contribution in [-0.2, 0) is 11.0 Å². The van der Waals surface area contributed by atoms with Crippen molar-refractivity contribution < 1.29 is 22.7 Å². The van der Waals surface area contributed by atoms with E-state index in [9.17, 15) is 18.0 Å². The summed E-state index contributed by atoms with van der Waals surface area (Å²) >= 11 is 0. The van der Waals surface area contributed by atoms with Crippen molar-refractivity contribution in [2.75, 3.05) is 11.9 Å². The van der Waals surface area contributed by atoms with Crippen molar-refractivity contribution in [2.45, 2.75) is 25.9 Å². The highest BCUT2D eigenvalue weighted by Crippen LogP contribution is 2.34. The first-order valence-electron chi connectivity index (χ1n) is 7.47. The van der Waals surface area contributed by atoms with Gasteiger partial charge in [0.15, 0.2) is 6.61 Å². The zero-order chi connectivity index (χ0) is 17.7. The van der Waals surface area contributed by atoms with Gasteiger partial charge in [-0.25, -0.2) is 0 Å². The van der Waals surface area contributed by atoms with E-state index in [0.717, 1.165) is 11.6 Å². The van der Waals surface area contributed by atoms with Crippen molar-refractivity contribution in [3.8, 4) is 5.75 Å². The Morgan fingerprint density at radius 2 is 1.71 bits per heavy atom. The quantitative estimate of drug-likeness (QED) is 0.847. The number of benzene rings is 2. The minimum Gasteiger partial charge on any atom is -0.483 e. The molecule has 0 spiro atoms. The summed E-state index contributed by atoms with van der Waals surface area (Å²) in [7, 11) is 0. The number of anilines is 1. The topological polar surface area (TPSA) is 38.3 Å². The standard InChI is InChI=1S/C18H18F3NO2/c1-12(2)13-7-3-6-10-16(13)24-11-17(23)22-15-9-5-4-8-14(15)18(19,20)21/h3-10,12H,11H2,1-2H3,(H,22,23). The van der Waals surface area contributed by atoms with E-state index in [1.807, 2.05) is 26.0 Å². The van der Waals surface area contributed by atoms with Gasteiger partial charge in [-0.1, -0.05) is 44.2 Å². The molecule has 128 valence electrons. The van der Waals surface area contributed by atoms with E-state index in [0.29, 0.717) is 5.75 Å². The number of hydrogen-bond acceptors (Lipinski definition) is 2. The number of rotatable bonds is 5. The van der Waals surface area contributed by atoms with Crippen LogP contribution in [-0.4, -0.2) is 12.5 Å². The molecule has 0 aliphatic heterocycles. The third-order valence-corrected chi connectivity index (χ3v) is 3.41. The van der Waals surface area contributed by atoms with Crippen LogP contribution in [0.25, 0.3) is 0 Å². The van der Waals surface area contributed by atoms with Gasteiger partial charge in [-0.15, -0.1) is 0 Å². The van der Waals surface area contributed by atoms with Crippen LogP contribution in [0.5, 0.6) is 5.75 Å². The number of halogens is 3. The number of nitrogens with one attached hydrogen (secondary N) is 1. The summed E-state index contributed by atoms with van der Waals surface area (Å²) in [6, 6.07) is 12.1. The van der Waals surface area contributed by atoms with Gasteiger partial charge < -0.3 is 10.1 Å². The fraction of sp³-hybridized carbons (Fsp3) is 0.278. The molecule has 6 heteroatoms. The second kappa shape index (κ2) is 7.38. The van der Waals surface area contributed by atoms with Crippen molar-refractivity contribution in [2.24, 2.45) is 0 Å². The highest BCUT2D eigenvalue weighted by atomic mass is 19.4. The van der Waals surface area contributed by atoms with Crippen LogP contribution in [0.15, 0.2) is 48.5 Å². The number of amides is 1. The van der Waals surface area contributed by atoms with Crippen LogP contribution < -0.4 is 10.1 Å². The number of hydrogen-bond donors (Lipinski definition) is 1. The Morgan fingerprint density at radius 3 is 2.38 bits per heavy atom. The number of alkyl halides is 3. The molecule has 0 atom stereocenters. The van der Waals surface area contributed by atoms with E-state index in [-0.39, 0.29) is 18.2 Å². The minimum atomic E-state index is -4.53. The zero-order valence-corrected chi connectivity index (χ0v) is 13.4. The predicted octanol–water partition coefficient (Wildman–Crippen LogP) is 4.85. The van der Waals surface area contributed by atoms with Gasteiger partial charge in [-0.2, -0.15) is 13.2 Å². The molecule has 2 aromatic carbocycles. The third-order valence-electron chi connectivity index (χ3n) is 3.41. The smallest absolute Gasteiger partial charge is 0.418 e. The van der Waals surface area contributed by atoms with Crippen molar-refractivity contribution in [3.05, 3.63) is 59.7 Å². The van der Waals surface area contributed by atoms with Crippen molar-refractivity contribution in [1.82, 2.24) is 0 Å². The molecule has 1 amide bonds. The SMILES string of the molecule is CC(C)c1ccccc1OCC(=O)Nc1ccccc1C(F)(F)F. The number of para-hydroxylation sites is 2. The minimum absolute atomic E-state index is 0.204. The molecule has 0 saturated carbocycles. The lowest BCUT2D eigenvalue weighted by Crippen LogP contribution is -2.22. The third kappa shape index (κ3) is 4.50. The van der Waals surface area contributed by atoms with E-state index in [4.69, 9.17) is 4.74 Å². The van der Waals surface area contributed by atoms with Crippen LogP contribution >= 0.6 is 0 Å². The monoisotopic (exact) mass is 337 g/mol. The zero-order valence-electron chi connectivity index (χ0n) is 13.4. The van der Waals surface area contributed by atoms with Gasteiger partial charge >= 0.3 is 6.18 Å². The van der Waals surface area contributed by atoms with Crippen molar-refractivity contribution >= 4 is 11.6 Å². The van der Waals surface area contributed by atoms with E-state index in [1.165, 1.54) is 18.2 Å². The Bertz CT molecular complexity index is 711. The van der Waals surface area contributed by atoms with Crippen LogP contribution in [0.2, 0.25) is 0 Å². The Labute approximate surface area is 138 Å². The largest absolute Gasteiger partial charge is 0.483 e. The Balaban J connectivity index is 2.06. The first-order chi connectivity index (χ1) is 11.3. The van der Waals surface area contributed by atoms with Gasteiger partial charge in [0.05, 0.1) is 11.3 Å². The lowest BCUT2D eigenvalue weighted by Gasteiger charge is -2.15. The Kier molecular flexibility index (Phi) is 5.49. The van der Waals surface area contributed by atoms with Crippen molar-refractivity contribution in [3.63, 3.8) is 0 Å².